The molecule has 1 aliphatic heterocycles. The van der Waals surface area contributed by atoms with Crippen LogP contribution in [0.25, 0.3) is 0 Å². The van der Waals surface area contributed by atoms with Crippen LogP contribution in [-0.2, 0) is 17.5 Å². The lowest BCUT2D eigenvalue weighted by Crippen LogP contribution is -2.30. The maximum Gasteiger partial charge on any atom is 0.416 e. The van der Waals surface area contributed by atoms with Crippen LogP contribution in [0.5, 0.6) is 11.5 Å². The second-order valence-corrected chi connectivity index (χ2v) is 7.56. The number of hydrogen-bond acceptors (Lipinski definition) is 3. The highest BCUT2D eigenvalue weighted by atomic mass is 35.5. The average molecular weight is 447 g/mol. The second kappa shape index (κ2) is 8.61. The zero-order valence-corrected chi connectivity index (χ0v) is 17.0. The van der Waals surface area contributed by atoms with Gasteiger partial charge in [-0.05, 0) is 59.7 Å². The van der Waals surface area contributed by atoms with Gasteiger partial charge in [0.1, 0.15) is 17.7 Å². The molecule has 1 aliphatic rings. The van der Waals surface area contributed by atoms with E-state index >= 15 is 0 Å². The molecule has 3 aromatic carbocycles. The highest BCUT2D eigenvalue weighted by Gasteiger charge is 2.35. The number of amides is 1. The molecule has 0 bridgehead atoms. The Morgan fingerprint density at radius 1 is 1.00 bits per heavy atom. The molecule has 0 unspecified atom stereocenters. The summed E-state index contributed by atoms with van der Waals surface area (Å²) in [4.78, 5) is 13.9. The largest absolute Gasteiger partial charge is 0.457 e. The van der Waals surface area contributed by atoms with E-state index in [0.717, 1.165) is 17.7 Å². The fourth-order valence-corrected chi connectivity index (χ4v) is 3.53. The Labute approximate surface area is 182 Å². The van der Waals surface area contributed by atoms with E-state index in [4.69, 9.17) is 16.3 Å². The smallest absolute Gasteiger partial charge is 0.416 e. The molecule has 1 saturated heterocycles. The third kappa shape index (κ3) is 5.00. The molecular formula is C23H18ClF3N2O2. The van der Waals surface area contributed by atoms with Gasteiger partial charge in [-0.25, -0.2) is 0 Å². The number of hydrogen-bond donors (Lipinski definition) is 1. The number of alkyl halides is 3. The zero-order chi connectivity index (χ0) is 22.0. The standard InChI is InChI=1S/C23H18ClF3N2O2/c24-18-6-10-20(11-7-18)31-19-8-4-15(5-9-19)14-29-21(30)13-28-22(29)16-2-1-3-17(12-16)23(25,26)27/h1-12,22,28H,13-14H2/t22-/m1/s1. The van der Waals surface area contributed by atoms with Gasteiger partial charge >= 0.3 is 6.18 Å². The molecule has 0 spiro atoms. The summed E-state index contributed by atoms with van der Waals surface area (Å²) in [6.07, 6.45) is -5.07. The summed E-state index contributed by atoms with van der Waals surface area (Å²) >= 11 is 5.87. The first-order valence-electron chi connectivity index (χ1n) is 9.52. The van der Waals surface area contributed by atoms with E-state index < -0.39 is 17.9 Å². The first-order valence-corrected chi connectivity index (χ1v) is 9.90. The summed E-state index contributed by atoms with van der Waals surface area (Å²) < 4.78 is 45.0. The fourth-order valence-electron chi connectivity index (χ4n) is 3.40. The minimum Gasteiger partial charge on any atom is -0.457 e. The van der Waals surface area contributed by atoms with Crippen molar-refractivity contribution in [3.8, 4) is 11.5 Å². The normalized spacial score (nSPS) is 16.6. The molecule has 0 radical (unpaired) electrons. The van der Waals surface area contributed by atoms with Gasteiger partial charge in [0.05, 0.1) is 12.1 Å². The van der Waals surface area contributed by atoms with Crippen molar-refractivity contribution >= 4 is 17.5 Å². The van der Waals surface area contributed by atoms with Gasteiger partial charge < -0.3 is 9.64 Å². The van der Waals surface area contributed by atoms with Gasteiger partial charge in [0.15, 0.2) is 0 Å². The number of benzene rings is 3. The number of nitrogens with one attached hydrogen (secondary N) is 1. The van der Waals surface area contributed by atoms with Crippen molar-refractivity contribution in [3.05, 3.63) is 94.5 Å². The minimum atomic E-state index is -4.44. The number of carbonyl (C=O) groups is 1. The molecule has 1 fully saturated rings. The van der Waals surface area contributed by atoms with Crippen molar-refractivity contribution in [1.82, 2.24) is 10.2 Å². The number of carbonyl (C=O) groups excluding carboxylic acids is 1. The summed E-state index contributed by atoms with van der Waals surface area (Å²) in [7, 11) is 0. The van der Waals surface area contributed by atoms with E-state index in [1.54, 1.807) is 42.5 Å². The first kappa shape index (κ1) is 21.2. The van der Waals surface area contributed by atoms with Gasteiger partial charge in [-0.15, -0.1) is 0 Å². The summed E-state index contributed by atoms with van der Waals surface area (Å²) in [6, 6.07) is 19.2. The Morgan fingerprint density at radius 3 is 2.29 bits per heavy atom. The lowest BCUT2D eigenvalue weighted by atomic mass is 10.1. The Balaban J connectivity index is 1.48. The lowest BCUT2D eigenvalue weighted by molar-refractivity contribution is -0.137. The molecule has 1 N–H and O–H groups in total. The van der Waals surface area contributed by atoms with E-state index in [1.165, 1.54) is 11.0 Å². The Hall–Kier alpha value is -3.03. The van der Waals surface area contributed by atoms with Crippen LogP contribution in [0.2, 0.25) is 5.02 Å². The van der Waals surface area contributed by atoms with Crippen LogP contribution in [0.1, 0.15) is 22.9 Å². The SMILES string of the molecule is O=C1CN[C@@H](c2cccc(C(F)(F)F)c2)N1Cc1ccc(Oc2ccc(Cl)cc2)cc1. The monoisotopic (exact) mass is 446 g/mol. The Bertz CT molecular complexity index is 1070. The van der Waals surface area contributed by atoms with Crippen LogP contribution in [0.15, 0.2) is 72.8 Å². The molecule has 3 aromatic rings. The van der Waals surface area contributed by atoms with Gasteiger partial charge in [0, 0.05) is 11.6 Å². The molecule has 1 atom stereocenters. The van der Waals surface area contributed by atoms with E-state index in [1.807, 2.05) is 12.1 Å². The second-order valence-electron chi connectivity index (χ2n) is 7.13. The highest BCUT2D eigenvalue weighted by molar-refractivity contribution is 6.30. The molecule has 0 aromatic heterocycles. The van der Waals surface area contributed by atoms with Crippen molar-refractivity contribution in [1.29, 1.82) is 0 Å². The van der Waals surface area contributed by atoms with Gasteiger partial charge in [0.2, 0.25) is 5.91 Å². The molecular weight excluding hydrogens is 429 g/mol. The van der Waals surface area contributed by atoms with Crippen molar-refractivity contribution in [2.45, 2.75) is 18.9 Å². The Morgan fingerprint density at radius 2 is 1.65 bits per heavy atom. The van der Waals surface area contributed by atoms with Crippen LogP contribution in [0, 0.1) is 0 Å². The molecule has 4 rings (SSSR count). The summed E-state index contributed by atoms with van der Waals surface area (Å²) in [5, 5.41) is 3.61. The molecule has 1 heterocycles. The first-order chi connectivity index (χ1) is 14.8. The van der Waals surface area contributed by atoms with Crippen molar-refractivity contribution < 1.29 is 22.7 Å². The fraction of sp³-hybridized carbons (Fsp3) is 0.174. The maximum atomic E-state index is 13.1. The van der Waals surface area contributed by atoms with E-state index in [-0.39, 0.29) is 19.0 Å². The highest BCUT2D eigenvalue weighted by Crippen LogP contribution is 2.33. The summed E-state index contributed by atoms with van der Waals surface area (Å²) in [5.41, 5.74) is 0.482. The quantitative estimate of drug-likeness (QED) is 0.540. The summed E-state index contributed by atoms with van der Waals surface area (Å²) in [6.45, 7) is 0.326. The summed E-state index contributed by atoms with van der Waals surface area (Å²) in [5.74, 6) is 1.08. The Kier molecular flexibility index (Phi) is 5.89. The topological polar surface area (TPSA) is 41.6 Å². The minimum absolute atomic E-state index is 0.0681. The molecule has 0 saturated carbocycles. The molecule has 0 aliphatic carbocycles. The van der Waals surface area contributed by atoms with E-state index in [9.17, 15) is 18.0 Å². The molecule has 31 heavy (non-hydrogen) atoms. The van der Waals surface area contributed by atoms with Crippen molar-refractivity contribution in [3.63, 3.8) is 0 Å². The van der Waals surface area contributed by atoms with Crippen LogP contribution in [-0.4, -0.2) is 17.4 Å². The molecule has 8 heteroatoms. The molecule has 4 nitrogen and oxygen atoms in total. The third-order valence-electron chi connectivity index (χ3n) is 4.93. The van der Waals surface area contributed by atoms with Gasteiger partial charge in [-0.1, -0.05) is 35.9 Å². The number of halogens is 4. The van der Waals surface area contributed by atoms with Crippen molar-refractivity contribution in [2.24, 2.45) is 0 Å². The zero-order valence-electron chi connectivity index (χ0n) is 16.2. The number of rotatable bonds is 5. The predicted octanol–water partition coefficient (Wildman–Crippen LogP) is 5.78. The van der Waals surface area contributed by atoms with Gasteiger partial charge in [-0.2, -0.15) is 13.2 Å². The third-order valence-corrected chi connectivity index (χ3v) is 5.19. The average Bonchev–Trinajstić information content (AvgIpc) is 3.11. The predicted molar refractivity (Wildman–Crippen MR) is 111 cm³/mol. The van der Waals surface area contributed by atoms with Crippen LogP contribution < -0.4 is 10.1 Å². The molecule has 160 valence electrons. The van der Waals surface area contributed by atoms with Crippen molar-refractivity contribution in [2.75, 3.05) is 6.54 Å². The maximum absolute atomic E-state index is 13.1. The van der Waals surface area contributed by atoms with Crippen LogP contribution in [0.3, 0.4) is 0 Å². The van der Waals surface area contributed by atoms with Gasteiger partial charge in [0.25, 0.3) is 0 Å². The number of nitrogens with zero attached hydrogens (tertiary/aromatic N) is 1. The van der Waals surface area contributed by atoms with E-state index in [0.29, 0.717) is 22.1 Å². The van der Waals surface area contributed by atoms with Crippen LogP contribution >= 0.6 is 11.6 Å². The van der Waals surface area contributed by atoms with Crippen LogP contribution in [0.4, 0.5) is 13.2 Å². The lowest BCUT2D eigenvalue weighted by Gasteiger charge is -2.25. The number of ether oxygens (including phenoxy) is 1. The molecule has 1 amide bonds. The van der Waals surface area contributed by atoms with E-state index in [2.05, 4.69) is 5.32 Å². The van der Waals surface area contributed by atoms with Gasteiger partial charge in [-0.3, -0.25) is 10.1 Å².